The van der Waals surface area contributed by atoms with E-state index < -0.39 is 0 Å². The van der Waals surface area contributed by atoms with Crippen LogP contribution in [0.3, 0.4) is 0 Å². The number of carbonyl (C=O) groups excluding carboxylic acids is 1. The number of hydrogen-bond acceptors (Lipinski definition) is 3. The third-order valence-corrected chi connectivity index (χ3v) is 4.51. The van der Waals surface area contributed by atoms with Gasteiger partial charge in [0.15, 0.2) is 0 Å². The van der Waals surface area contributed by atoms with Crippen LogP contribution >= 0.6 is 0 Å². The standard InChI is InChI=1S/C20H22N4O/c1-15-18(13-22-23(15)3)20(25)24(14-17-9-5-4-6-10-17)16(2)19-11-7-8-12-21-19/h4-13,16H,14H2,1-3H3. The van der Waals surface area contributed by atoms with Crippen molar-refractivity contribution in [3.63, 3.8) is 0 Å². The molecule has 0 spiro atoms. The van der Waals surface area contributed by atoms with Crippen molar-refractivity contribution >= 4 is 5.91 Å². The van der Waals surface area contributed by atoms with Crippen LogP contribution in [0, 0.1) is 6.92 Å². The van der Waals surface area contributed by atoms with Crippen LogP contribution in [0.4, 0.5) is 0 Å². The molecule has 0 aliphatic heterocycles. The molecule has 128 valence electrons. The molecule has 1 amide bonds. The lowest BCUT2D eigenvalue weighted by molar-refractivity contribution is 0.0669. The lowest BCUT2D eigenvalue weighted by atomic mass is 10.1. The summed E-state index contributed by atoms with van der Waals surface area (Å²) in [7, 11) is 1.84. The third kappa shape index (κ3) is 3.60. The predicted molar refractivity (Wildman–Crippen MR) is 96.9 cm³/mol. The number of amides is 1. The first-order valence-corrected chi connectivity index (χ1v) is 8.32. The molecule has 3 aromatic rings. The molecule has 0 saturated carbocycles. The van der Waals surface area contributed by atoms with Gasteiger partial charge < -0.3 is 4.90 Å². The van der Waals surface area contributed by atoms with Crippen molar-refractivity contribution in [2.45, 2.75) is 26.4 Å². The molecule has 3 rings (SSSR count). The van der Waals surface area contributed by atoms with Gasteiger partial charge in [0.2, 0.25) is 0 Å². The van der Waals surface area contributed by atoms with Crippen molar-refractivity contribution in [2.75, 3.05) is 0 Å². The van der Waals surface area contributed by atoms with E-state index >= 15 is 0 Å². The van der Waals surface area contributed by atoms with Gasteiger partial charge in [-0.25, -0.2) is 0 Å². The molecule has 0 aliphatic rings. The molecule has 2 heterocycles. The molecule has 1 atom stereocenters. The molecule has 0 aliphatic carbocycles. The molecule has 2 aromatic heterocycles. The average molecular weight is 334 g/mol. The van der Waals surface area contributed by atoms with E-state index in [1.807, 2.05) is 74.3 Å². The number of aryl methyl sites for hydroxylation is 1. The normalized spacial score (nSPS) is 12.0. The Bertz CT molecular complexity index is 843. The highest BCUT2D eigenvalue weighted by atomic mass is 16.2. The first-order chi connectivity index (χ1) is 12.1. The highest BCUT2D eigenvalue weighted by molar-refractivity contribution is 5.95. The van der Waals surface area contributed by atoms with E-state index in [9.17, 15) is 4.79 Å². The minimum atomic E-state index is -0.145. The summed E-state index contributed by atoms with van der Waals surface area (Å²) in [5, 5.41) is 4.21. The van der Waals surface area contributed by atoms with E-state index in [1.165, 1.54) is 0 Å². The average Bonchev–Trinajstić information content (AvgIpc) is 2.99. The summed E-state index contributed by atoms with van der Waals surface area (Å²) in [4.78, 5) is 19.5. The molecule has 5 heteroatoms. The molecule has 0 N–H and O–H groups in total. The zero-order chi connectivity index (χ0) is 17.8. The summed E-state index contributed by atoms with van der Waals surface area (Å²) in [5.74, 6) is -0.0346. The minimum Gasteiger partial charge on any atom is -0.326 e. The van der Waals surface area contributed by atoms with Crippen LogP contribution in [0.25, 0.3) is 0 Å². The molecule has 0 radical (unpaired) electrons. The van der Waals surface area contributed by atoms with Gasteiger partial charge in [-0.2, -0.15) is 5.10 Å². The second kappa shape index (κ2) is 7.30. The third-order valence-electron chi connectivity index (χ3n) is 4.51. The van der Waals surface area contributed by atoms with Crippen LogP contribution in [0.15, 0.2) is 60.9 Å². The smallest absolute Gasteiger partial charge is 0.258 e. The Morgan fingerprint density at radius 2 is 1.88 bits per heavy atom. The molecule has 1 aromatic carbocycles. The van der Waals surface area contributed by atoms with E-state index in [4.69, 9.17) is 0 Å². The molecule has 1 unspecified atom stereocenters. The van der Waals surface area contributed by atoms with Crippen LogP contribution in [-0.4, -0.2) is 25.6 Å². The Labute approximate surface area is 147 Å². The number of rotatable bonds is 5. The van der Waals surface area contributed by atoms with Crippen molar-refractivity contribution in [1.29, 1.82) is 0 Å². The fourth-order valence-electron chi connectivity index (χ4n) is 2.81. The van der Waals surface area contributed by atoms with Crippen molar-refractivity contribution in [3.8, 4) is 0 Å². The van der Waals surface area contributed by atoms with Gasteiger partial charge >= 0.3 is 0 Å². The van der Waals surface area contributed by atoms with Crippen molar-refractivity contribution in [1.82, 2.24) is 19.7 Å². The van der Waals surface area contributed by atoms with Crippen LogP contribution in [-0.2, 0) is 13.6 Å². The molecule has 0 bridgehead atoms. The van der Waals surface area contributed by atoms with E-state index in [1.54, 1.807) is 17.1 Å². The predicted octanol–water partition coefficient (Wildman–Crippen LogP) is 3.53. The van der Waals surface area contributed by atoms with Gasteiger partial charge in [0.1, 0.15) is 0 Å². The summed E-state index contributed by atoms with van der Waals surface area (Å²) in [6.45, 7) is 4.44. The molecule has 5 nitrogen and oxygen atoms in total. The number of pyridine rings is 1. The minimum absolute atomic E-state index is 0.0346. The summed E-state index contributed by atoms with van der Waals surface area (Å²) in [6.07, 6.45) is 3.40. The Morgan fingerprint density at radius 3 is 2.48 bits per heavy atom. The quantitative estimate of drug-likeness (QED) is 0.717. The van der Waals surface area contributed by atoms with Crippen LogP contribution in [0.1, 0.15) is 40.3 Å². The summed E-state index contributed by atoms with van der Waals surface area (Å²) < 4.78 is 1.72. The Hall–Kier alpha value is -2.95. The summed E-state index contributed by atoms with van der Waals surface area (Å²) in [5.41, 5.74) is 3.44. The SMILES string of the molecule is Cc1c(C(=O)N(Cc2ccccc2)C(C)c2ccccn2)cnn1C. The van der Waals surface area contributed by atoms with Crippen LogP contribution < -0.4 is 0 Å². The van der Waals surface area contributed by atoms with Gasteiger partial charge in [-0.05, 0) is 31.5 Å². The zero-order valence-corrected chi connectivity index (χ0v) is 14.8. The van der Waals surface area contributed by atoms with E-state index in [0.717, 1.165) is 17.0 Å². The van der Waals surface area contributed by atoms with Gasteiger partial charge in [-0.3, -0.25) is 14.5 Å². The summed E-state index contributed by atoms with van der Waals surface area (Å²) >= 11 is 0. The highest BCUT2D eigenvalue weighted by Crippen LogP contribution is 2.24. The fourth-order valence-corrected chi connectivity index (χ4v) is 2.81. The molecular formula is C20H22N4O. The molecule has 25 heavy (non-hydrogen) atoms. The maximum atomic E-state index is 13.2. The zero-order valence-electron chi connectivity index (χ0n) is 14.8. The number of carbonyl (C=O) groups is 1. The second-order valence-corrected chi connectivity index (χ2v) is 6.12. The van der Waals surface area contributed by atoms with E-state index in [-0.39, 0.29) is 11.9 Å². The Morgan fingerprint density at radius 1 is 1.16 bits per heavy atom. The lowest BCUT2D eigenvalue weighted by Gasteiger charge is -2.29. The first kappa shape index (κ1) is 16.9. The number of nitrogens with zero attached hydrogens (tertiary/aromatic N) is 4. The number of hydrogen-bond donors (Lipinski definition) is 0. The van der Waals surface area contributed by atoms with Crippen LogP contribution in [0.5, 0.6) is 0 Å². The second-order valence-electron chi connectivity index (χ2n) is 6.12. The fraction of sp³-hybridized carbons (Fsp3) is 0.250. The maximum Gasteiger partial charge on any atom is 0.258 e. The molecule has 0 fully saturated rings. The van der Waals surface area contributed by atoms with Gasteiger partial charge in [0.05, 0.1) is 23.5 Å². The Balaban J connectivity index is 1.96. The van der Waals surface area contributed by atoms with E-state index in [0.29, 0.717) is 12.1 Å². The first-order valence-electron chi connectivity index (χ1n) is 8.32. The molecular weight excluding hydrogens is 312 g/mol. The maximum absolute atomic E-state index is 13.2. The van der Waals surface area contributed by atoms with Gasteiger partial charge in [-0.15, -0.1) is 0 Å². The van der Waals surface area contributed by atoms with Crippen LogP contribution in [0.2, 0.25) is 0 Å². The number of aromatic nitrogens is 3. The molecule has 0 saturated heterocycles. The van der Waals surface area contributed by atoms with Gasteiger partial charge in [-0.1, -0.05) is 36.4 Å². The highest BCUT2D eigenvalue weighted by Gasteiger charge is 2.26. The largest absolute Gasteiger partial charge is 0.326 e. The topological polar surface area (TPSA) is 51.0 Å². The van der Waals surface area contributed by atoms with Gasteiger partial charge in [0.25, 0.3) is 5.91 Å². The van der Waals surface area contributed by atoms with Gasteiger partial charge in [0, 0.05) is 25.5 Å². The lowest BCUT2D eigenvalue weighted by Crippen LogP contribution is -2.33. The van der Waals surface area contributed by atoms with Crippen molar-refractivity contribution < 1.29 is 4.79 Å². The number of benzene rings is 1. The van der Waals surface area contributed by atoms with Crippen molar-refractivity contribution in [3.05, 3.63) is 83.4 Å². The monoisotopic (exact) mass is 334 g/mol. The Kier molecular flexibility index (Phi) is 4.93. The summed E-state index contributed by atoms with van der Waals surface area (Å²) in [6, 6.07) is 15.6. The van der Waals surface area contributed by atoms with E-state index in [2.05, 4.69) is 10.1 Å². The van der Waals surface area contributed by atoms with Crippen molar-refractivity contribution in [2.24, 2.45) is 7.05 Å².